The predicted octanol–water partition coefficient (Wildman–Crippen LogP) is 3.62. The number of aryl methyl sites for hydroxylation is 1. The van der Waals surface area contributed by atoms with Gasteiger partial charge in [0.2, 0.25) is 0 Å². The van der Waals surface area contributed by atoms with Crippen molar-refractivity contribution in [2.45, 2.75) is 13.8 Å². The molecule has 1 saturated heterocycles. The Morgan fingerprint density at radius 1 is 1.09 bits per heavy atom. The first-order valence-electron chi connectivity index (χ1n) is 10.4. The van der Waals surface area contributed by atoms with Crippen LogP contribution in [0.4, 0.5) is 10.5 Å². The fourth-order valence-electron chi connectivity index (χ4n) is 2.99. The quantitative estimate of drug-likeness (QED) is 0.424. The number of hydrogen-bond donors (Lipinski definition) is 1. The van der Waals surface area contributed by atoms with Crippen molar-refractivity contribution >= 4 is 46.5 Å². The molecule has 0 saturated carbocycles. The van der Waals surface area contributed by atoms with E-state index in [0.29, 0.717) is 22.7 Å². The molecule has 1 N–H and O–H groups in total. The molecule has 0 spiro atoms. The van der Waals surface area contributed by atoms with E-state index in [2.05, 4.69) is 5.32 Å². The van der Waals surface area contributed by atoms with E-state index in [4.69, 9.17) is 14.2 Å². The summed E-state index contributed by atoms with van der Waals surface area (Å²) in [6.07, 6.45) is 1.52. The number of hydrogen-bond acceptors (Lipinski definition) is 8. The lowest BCUT2D eigenvalue weighted by molar-refractivity contribution is -0.146. The zero-order chi connectivity index (χ0) is 24.7. The third-order valence-electron chi connectivity index (χ3n) is 4.65. The lowest BCUT2D eigenvalue weighted by atomic mass is 10.2. The number of anilines is 1. The van der Waals surface area contributed by atoms with Crippen LogP contribution in [-0.4, -0.2) is 54.8 Å². The third kappa shape index (κ3) is 6.38. The van der Waals surface area contributed by atoms with Gasteiger partial charge >= 0.3 is 5.97 Å². The average Bonchev–Trinajstić information content (AvgIpc) is 3.07. The molecule has 2 aromatic carbocycles. The molecule has 1 aliphatic heterocycles. The molecule has 1 heterocycles. The number of rotatable bonds is 9. The van der Waals surface area contributed by atoms with Crippen molar-refractivity contribution in [2.75, 3.05) is 32.2 Å². The maximum atomic E-state index is 12.5. The Kier molecular flexibility index (Phi) is 8.31. The minimum atomic E-state index is -0.652. The maximum absolute atomic E-state index is 12.5. The summed E-state index contributed by atoms with van der Waals surface area (Å²) >= 11 is 0.736. The largest absolute Gasteiger partial charge is 0.493 e. The predicted molar refractivity (Wildman–Crippen MR) is 128 cm³/mol. The van der Waals surface area contributed by atoms with Crippen molar-refractivity contribution in [2.24, 2.45) is 0 Å². The highest BCUT2D eigenvalue weighted by Gasteiger charge is 2.36. The second kappa shape index (κ2) is 11.4. The van der Waals surface area contributed by atoms with Crippen molar-refractivity contribution in [3.05, 3.63) is 58.5 Å². The van der Waals surface area contributed by atoms with E-state index >= 15 is 0 Å². The van der Waals surface area contributed by atoms with Gasteiger partial charge in [-0.25, -0.2) is 0 Å². The number of imide groups is 1. The number of carbonyl (C=O) groups is 4. The van der Waals surface area contributed by atoms with Crippen LogP contribution in [0.1, 0.15) is 18.1 Å². The molecular formula is C24H24N2O7S. The van der Waals surface area contributed by atoms with Crippen LogP contribution < -0.4 is 14.8 Å². The monoisotopic (exact) mass is 484 g/mol. The summed E-state index contributed by atoms with van der Waals surface area (Å²) in [5.74, 6) is -0.863. The molecule has 2 aromatic rings. The fourth-order valence-corrected chi connectivity index (χ4v) is 3.83. The Bertz CT molecular complexity index is 1130. The number of nitrogens with zero attached hydrogens (tertiary/aromatic N) is 1. The number of carbonyl (C=O) groups excluding carboxylic acids is 4. The SMILES string of the molecule is CCOC(=O)CN1C(=O)S/C(=C\c2ccc(OCC(=O)Nc3ccc(C)cc3)c(OC)c2)C1=O. The number of thioether (sulfide) groups is 1. The van der Waals surface area contributed by atoms with E-state index in [-0.39, 0.29) is 24.0 Å². The first-order chi connectivity index (χ1) is 16.3. The Morgan fingerprint density at radius 3 is 2.50 bits per heavy atom. The van der Waals surface area contributed by atoms with Gasteiger partial charge in [0.15, 0.2) is 18.1 Å². The molecule has 178 valence electrons. The van der Waals surface area contributed by atoms with E-state index < -0.39 is 23.7 Å². The molecule has 1 fully saturated rings. The van der Waals surface area contributed by atoms with E-state index in [1.165, 1.54) is 13.2 Å². The lowest BCUT2D eigenvalue weighted by Gasteiger charge is -2.12. The zero-order valence-electron chi connectivity index (χ0n) is 19.0. The minimum absolute atomic E-state index is 0.159. The molecule has 0 aromatic heterocycles. The second-order valence-corrected chi connectivity index (χ2v) is 8.18. The molecule has 0 atom stereocenters. The van der Waals surface area contributed by atoms with Gasteiger partial charge < -0.3 is 19.5 Å². The zero-order valence-corrected chi connectivity index (χ0v) is 19.8. The van der Waals surface area contributed by atoms with Gasteiger partial charge in [-0.05, 0) is 61.5 Å². The summed E-state index contributed by atoms with van der Waals surface area (Å²) in [6.45, 7) is 3.10. The van der Waals surface area contributed by atoms with Crippen LogP contribution in [0.5, 0.6) is 11.5 Å². The lowest BCUT2D eigenvalue weighted by Crippen LogP contribution is -2.34. The van der Waals surface area contributed by atoms with Gasteiger partial charge in [0.1, 0.15) is 6.54 Å². The van der Waals surface area contributed by atoms with E-state index in [1.54, 1.807) is 37.3 Å². The van der Waals surface area contributed by atoms with Crippen LogP contribution in [0.25, 0.3) is 6.08 Å². The second-order valence-electron chi connectivity index (χ2n) is 7.19. The van der Waals surface area contributed by atoms with Crippen LogP contribution in [0.15, 0.2) is 47.4 Å². The summed E-state index contributed by atoms with van der Waals surface area (Å²) in [6, 6.07) is 12.3. The van der Waals surface area contributed by atoms with Gasteiger partial charge in [-0.2, -0.15) is 0 Å². The van der Waals surface area contributed by atoms with Crippen LogP contribution in [0.2, 0.25) is 0 Å². The molecule has 10 heteroatoms. The Hall–Kier alpha value is -3.79. The summed E-state index contributed by atoms with van der Waals surface area (Å²) in [5, 5.41) is 2.20. The number of nitrogens with one attached hydrogen (secondary N) is 1. The van der Waals surface area contributed by atoms with Crippen LogP contribution in [0, 0.1) is 6.92 Å². The number of ether oxygens (including phenoxy) is 3. The first kappa shape index (κ1) is 24.8. The van der Waals surface area contributed by atoms with Gasteiger partial charge in [-0.15, -0.1) is 0 Å². The highest BCUT2D eigenvalue weighted by atomic mass is 32.2. The Morgan fingerprint density at radius 2 is 1.82 bits per heavy atom. The number of methoxy groups -OCH3 is 1. The highest BCUT2D eigenvalue weighted by Crippen LogP contribution is 2.34. The van der Waals surface area contributed by atoms with Gasteiger partial charge in [-0.1, -0.05) is 23.8 Å². The van der Waals surface area contributed by atoms with Crippen LogP contribution in [-0.2, 0) is 19.1 Å². The van der Waals surface area contributed by atoms with Crippen molar-refractivity contribution < 1.29 is 33.4 Å². The summed E-state index contributed by atoms with van der Waals surface area (Å²) in [4.78, 5) is 49.5. The molecule has 3 amide bonds. The molecule has 34 heavy (non-hydrogen) atoms. The van der Waals surface area contributed by atoms with Crippen molar-refractivity contribution in [1.82, 2.24) is 4.90 Å². The van der Waals surface area contributed by atoms with Crippen LogP contribution >= 0.6 is 11.8 Å². The van der Waals surface area contributed by atoms with Gasteiger partial charge in [0.25, 0.3) is 17.1 Å². The fraction of sp³-hybridized carbons (Fsp3) is 0.250. The molecule has 1 aliphatic rings. The minimum Gasteiger partial charge on any atom is -0.493 e. The smallest absolute Gasteiger partial charge is 0.326 e. The number of benzene rings is 2. The molecule has 0 aliphatic carbocycles. The molecule has 0 bridgehead atoms. The molecule has 3 rings (SSSR count). The van der Waals surface area contributed by atoms with Gasteiger partial charge in [0, 0.05) is 5.69 Å². The van der Waals surface area contributed by atoms with Crippen molar-refractivity contribution in [3.63, 3.8) is 0 Å². The Labute approximate surface area is 201 Å². The molecule has 0 radical (unpaired) electrons. The number of esters is 1. The highest BCUT2D eigenvalue weighted by molar-refractivity contribution is 8.18. The molecular weight excluding hydrogens is 460 g/mol. The van der Waals surface area contributed by atoms with Crippen LogP contribution in [0.3, 0.4) is 0 Å². The standard InChI is InChI=1S/C24H24N2O7S/c1-4-32-22(28)13-26-23(29)20(34-24(26)30)12-16-7-10-18(19(11-16)31-3)33-14-21(27)25-17-8-5-15(2)6-9-17/h5-12H,4,13-14H2,1-3H3,(H,25,27)/b20-12-. The third-order valence-corrected chi connectivity index (χ3v) is 5.55. The summed E-state index contributed by atoms with van der Waals surface area (Å²) < 4.78 is 15.7. The van der Waals surface area contributed by atoms with E-state index in [9.17, 15) is 19.2 Å². The normalized spacial score (nSPS) is 14.3. The van der Waals surface area contributed by atoms with Crippen molar-refractivity contribution in [1.29, 1.82) is 0 Å². The van der Waals surface area contributed by atoms with Gasteiger partial charge in [-0.3, -0.25) is 24.1 Å². The maximum Gasteiger partial charge on any atom is 0.326 e. The summed E-state index contributed by atoms with van der Waals surface area (Å²) in [7, 11) is 1.45. The van der Waals surface area contributed by atoms with Gasteiger partial charge in [0.05, 0.1) is 18.6 Å². The van der Waals surface area contributed by atoms with E-state index in [1.807, 2.05) is 19.1 Å². The Balaban J connectivity index is 1.65. The molecule has 0 unspecified atom stereocenters. The topological polar surface area (TPSA) is 111 Å². The number of amides is 3. The average molecular weight is 485 g/mol. The molecule has 9 nitrogen and oxygen atoms in total. The summed E-state index contributed by atoms with van der Waals surface area (Å²) in [5.41, 5.74) is 2.33. The van der Waals surface area contributed by atoms with E-state index in [0.717, 1.165) is 22.2 Å². The van der Waals surface area contributed by atoms with Crippen molar-refractivity contribution in [3.8, 4) is 11.5 Å². The first-order valence-corrected chi connectivity index (χ1v) is 11.2.